The summed E-state index contributed by atoms with van der Waals surface area (Å²) < 4.78 is 5.54. The van der Waals surface area contributed by atoms with E-state index in [1.807, 2.05) is 0 Å². The molecule has 1 aromatic carbocycles. The van der Waals surface area contributed by atoms with Crippen molar-refractivity contribution in [2.75, 3.05) is 17.2 Å². The second-order valence-corrected chi connectivity index (χ2v) is 7.46. The average Bonchev–Trinajstić information content (AvgIpc) is 2.99. The number of hydrogen-bond acceptors (Lipinski definition) is 7. The van der Waals surface area contributed by atoms with Crippen LogP contribution in [0.3, 0.4) is 0 Å². The summed E-state index contributed by atoms with van der Waals surface area (Å²) in [5.74, 6) is -1.55. The van der Waals surface area contributed by atoms with Crippen LogP contribution in [0.1, 0.15) is 17.8 Å². The van der Waals surface area contributed by atoms with Crippen LogP contribution in [-0.4, -0.2) is 34.6 Å². The Balaban J connectivity index is 1.68. The molecule has 11 heteroatoms. The molecule has 0 unspecified atom stereocenters. The fraction of sp³-hybridized carbons (Fsp3) is 0.267. The standard InChI is InChI=1S/C15H14BrClN4O4S/c1-8-20-21-15(26-8)19-12(22)4-5-14(24)25-7-13(23)18-9-2-3-10(16)11(17)6-9/h2-3,6H,4-5,7H2,1H3,(H,18,23)(H,19,21,22). The molecule has 0 radical (unpaired) electrons. The van der Waals surface area contributed by atoms with Gasteiger partial charge in [-0.25, -0.2) is 0 Å². The van der Waals surface area contributed by atoms with E-state index in [-0.39, 0.29) is 18.7 Å². The lowest BCUT2D eigenvalue weighted by Crippen LogP contribution is -2.21. The van der Waals surface area contributed by atoms with Crippen molar-refractivity contribution in [2.45, 2.75) is 19.8 Å². The molecule has 0 aliphatic carbocycles. The van der Waals surface area contributed by atoms with Crippen LogP contribution in [-0.2, 0) is 19.1 Å². The van der Waals surface area contributed by atoms with Gasteiger partial charge in [0.25, 0.3) is 5.91 Å². The third kappa shape index (κ3) is 6.70. The molecule has 2 aromatic rings. The van der Waals surface area contributed by atoms with Crippen molar-refractivity contribution in [3.05, 3.63) is 32.7 Å². The first kappa shape index (κ1) is 20.3. The monoisotopic (exact) mass is 460 g/mol. The van der Waals surface area contributed by atoms with Gasteiger partial charge in [0, 0.05) is 16.6 Å². The molecule has 1 heterocycles. The zero-order valence-electron chi connectivity index (χ0n) is 13.5. The molecule has 0 bridgehead atoms. The van der Waals surface area contributed by atoms with Crippen molar-refractivity contribution in [2.24, 2.45) is 0 Å². The minimum atomic E-state index is -0.655. The molecule has 8 nitrogen and oxygen atoms in total. The number of hydrogen-bond donors (Lipinski definition) is 2. The smallest absolute Gasteiger partial charge is 0.306 e. The van der Waals surface area contributed by atoms with E-state index < -0.39 is 18.5 Å². The van der Waals surface area contributed by atoms with Crippen LogP contribution in [0.15, 0.2) is 22.7 Å². The number of carbonyl (C=O) groups is 3. The van der Waals surface area contributed by atoms with Gasteiger partial charge in [0.15, 0.2) is 6.61 Å². The van der Waals surface area contributed by atoms with E-state index in [0.717, 1.165) is 5.01 Å². The van der Waals surface area contributed by atoms with Gasteiger partial charge in [-0.15, -0.1) is 10.2 Å². The lowest BCUT2D eigenvalue weighted by Gasteiger charge is -2.07. The number of benzene rings is 1. The number of halogens is 2. The molecule has 0 spiro atoms. The van der Waals surface area contributed by atoms with Crippen molar-refractivity contribution in [3.63, 3.8) is 0 Å². The Bertz CT molecular complexity index is 830. The van der Waals surface area contributed by atoms with Gasteiger partial charge in [0.05, 0.1) is 11.4 Å². The van der Waals surface area contributed by atoms with Crippen LogP contribution in [0.2, 0.25) is 5.02 Å². The van der Waals surface area contributed by atoms with Gasteiger partial charge in [-0.05, 0) is 41.1 Å². The maximum Gasteiger partial charge on any atom is 0.306 e. The van der Waals surface area contributed by atoms with Crippen LogP contribution in [0, 0.1) is 6.92 Å². The number of anilines is 2. The highest BCUT2D eigenvalue weighted by molar-refractivity contribution is 9.10. The first-order chi connectivity index (χ1) is 12.3. The number of esters is 1. The Labute approximate surface area is 166 Å². The van der Waals surface area contributed by atoms with Crippen LogP contribution < -0.4 is 10.6 Å². The van der Waals surface area contributed by atoms with E-state index >= 15 is 0 Å². The molecule has 0 atom stereocenters. The predicted octanol–water partition coefficient (Wildman–Crippen LogP) is 3.16. The van der Waals surface area contributed by atoms with Gasteiger partial charge in [-0.2, -0.15) is 0 Å². The molecule has 2 N–H and O–H groups in total. The summed E-state index contributed by atoms with van der Waals surface area (Å²) >= 11 is 10.4. The maximum atomic E-state index is 11.8. The first-order valence-corrected chi connectivity index (χ1v) is 9.32. The zero-order chi connectivity index (χ0) is 19.1. The van der Waals surface area contributed by atoms with Gasteiger partial charge in [-0.3, -0.25) is 14.4 Å². The summed E-state index contributed by atoms with van der Waals surface area (Å²) in [4.78, 5) is 35.1. The lowest BCUT2D eigenvalue weighted by molar-refractivity contribution is -0.147. The number of aromatic nitrogens is 2. The summed E-state index contributed by atoms with van der Waals surface area (Å²) in [6.07, 6.45) is -0.234. The topological polar surface area (TPSA) is 110 Å². The van der Waals surface area contributed by atoms with Crippen molar-refractivity contribution in [3.8, 4) is 0 Å². The van der Waals surface area contributed by atoms with Gasteiger partial charge < -0.3 is 15.4 Å². The fourth-order valence-electron chi connectivity index (χ4n) is 1.73. The van der Waals surface area contributed by atoms with Crippen LogP contribution >= 0.6 is 38.9 Å². The molecule has 138 valence electrons. The van der Waals surface area contributed by atoms with Gasteiger partial charge in [0.1, 0.15) is 5.01 Å². The van der Waals surface area contributed by atoms with E-state index in [1.165, 1.54) is 11.3 Å². The van der Waals surface area contributed by atoms with Crippen LogP contribution in [0.4, 0.5) is 10.8 Å². The number of carbonyl (C=O) groups excluding carboxylic acids is 3. The lowest BCUT2D eigenvalue weighted by atomic mass is 10.3. The minimum absolute atomic E-state index is 0.0819. The van der Waals surface area contributed by atoms with Crippen molar-refractivity contribution < 1.29 is 19.1 Å². The third-order valence-electron chi connectivity index (χ3n) is 2.90. The molecular weight excluding hydrogens is 448 g/mol. The van der Waals surface area contributed by atoms with Crippen molar-refractivity contribution in [1.82, 2.24) is 10.2 Å². The number of nitrogens with zero attached hydrogens (tertiary/aromatic N) is 2. The quantitative estimate of drug-likeness (QED) is 0.613. The average molecular weight is 462 g/mol. The van der Waals surface area contributed by atoms with Gasteiger partial charge >= 0.3 is 5.97 Å². The highest BCUT2D eigenvalue weighted by Crippen LogP contribution is 2.25. The summed E-state index contributed by atoms with van der Waals surface area (Å²) in [7, 11) is 0. The summed E-state index contributed by atoms with van der Waals surface area (Å²) in [6, 6.07) is 4.89. The van der Waals surface area contributed by atoms with Crippen molar-refractivity contribution >= 4 is 67.5 Å². The SMILES string of the molecule is Cc1nnc(NC(=O)CCC(=O)OCC(=O)Nc2ccc(Br)c(Cl)c2)s1. The normalized spacial score (nSPS) is 10.3. The molecule has 1 aromatic heterocycles. The van der Waals surface area contributed by atoms with E-state index in [4.69, 9.17) is 16.3 Å². The minimum Gasteiger partial charge on any atom is -0.456 e. The molecular formula is C15H14BrClN4O4S. The summed E-state index contributed by atoms with van der Waals surface area (Å²) in [6.45, 7) is 1.31. The first-order valence-electron chi connectivity index (χ1n) is 7.34. The molecule has 0 fully saturated rings. The summed E-state index contributed by atoms with van der Waals surface area (Å²) in [5.41, 5.74) is 0.478. The van der Waals surface area contributed by atoms with Gasteiger partial charge in [0.2, 0.25) is 11.0 Å². The molecule has 0 aliphatic heterocycles. The Morgan fingerprint density at radius 3 is 2.62 bits per heavy atom. The second kappa shape index (κ2) is 9.60. The molecule has 2 rings (SSSR count). The molecule has 0 saturated heterocycles. The molecule has 0 aliphatic rings. The number of ether oxygens (including phenoxy) is 1. The Morgan fingerprint density at radius 1 is 1.19 bits per heavy atom. The number of rotatable bonds is 7. The van der Waals surface area contributed by atoms with E-state index in [1.54, 1.807) is 25.1 Å². The highest BCUT2D eigenvalue weighted by atomic mass is 79.9. The van der Waals surface area contributed by atoms with E-state index in [0.29, 0.717) is 20.3 Å². The molecule has 2 amide bonds. The Morgan fingerprint density at radius 2 is 1.96 bits per heavy atom. The summed E-state index contributed by atoms with van der Waals surface area (Å²) in [5, 5.41) is 14.1. The Hall–Kier alpha value is -2.04. The van der Waals surface area contributed by atoms with Crippen LogP contribution in [0.5, 0.6) is 0 Å². The Kier molecular flexibility index (Phi) is 7.49. The van der Waals surface area contributed by atoms with E-state index in [2.05, 4.69) is 36.8 Å². The largest absolute Gasteiger partial charge is 0.456 e. The predicted molar refractivity (Wildman–Crippen MR) is 101 cm³/mol. The maximum absolute atomic E-state index is 11.8. The molecule has 0 saturated carbocycles. The van der Waals surface area contributed by atoms with Crippen LogP contribution in [0.25, 0.3) is 0 Å². The second-order valence-electron chi connectivity index (χ2n) is 5.01. The third-order valence-corrected chi connectivity index (χ3v) is 4.88. The fourth-order valence-corrected chi connectivity index (χ4v) is 2.77. The van der Waals surface area contributed by atoms with Gasteiger partial charge in [-0.1, -0.05) is 22.9 Å². The number of nitrogens with one attached hydrogen (secondary N) is 2. The van der Waals surface area contributed by atoms with Crippen molar-refractivity contribution in [1.29, 1.82) is 0 Å². The number of aryl methyl sites for hydroxylation is 1. The molecule has 26 heavy (non-hydrogen) atoms. The highest BCUT2D eigenvalue weighted by Gasteiger charge is 2.12. The number of amides is 2. The van der Waals surface area contributed by atoms with E-state index in [9.17, 15) is 14.4 Å². The zero-order valence-corrected chi connectivity index (χ0v) is 16.7.